The summed E-state index contributed by atoms with van der Waals surface area (Å²) >= 11 is 0. The molecule has 1 saturated heterocycles. The van der Waals surface area contributed by atoms with Crippen molar-refractivity contribution in [1.82, 2.24) is 20.4 Å². The molecule has 0 bridgehead atoms. The van der Waals surface area contributed by atoms with Crippen LogP contribution in [-0.4, -0.2) is 47.1 Å². The van der Waals surface area contributed by atoms with E-state index in [1.807, 2.05) is 11.9 Å². The van der Waals surface area contributed by atoms with E-state index in [-0.39, 0.29) is 17.8 Å². The second kappa shape index (κ2) is 5.27. The standard InChI is InChI=1S/C11H18N4O2/c1-8-13-10(14-17-8)11(16)15-6-4-3-5-9(15)7-12-2/h9,12H,3-7H2,1-2H3. The first kappa shape index (κ1) is 12.0. The Bertz CT molecular complexity index is 389. The van der Waals surface area contributed by atoms with Crippen LogP contribution in [0.4, 0.5) is 0 Å². The molecular weight excluding hydrogens is 220 g/mol. The summed E-state index contributed by atoms with van der Waals surface area (Å²) in [5.74, 6) is 0.475. The van der Waals surface area contributed by atoms with Crippen molar-refractivity contribution in [2.75, 3.05) is 20.1 Å². The van der Waals surface area contributed by atoms with Gasteiger partial charge in [-0.2, -0.15) is 4.98 Å². The second-order valence-corrected chi connectivity index (χ2v) is 4.34. The summed E-state index contributed by atoms with van der Waals surface area (Å²) in [5, 5.41) is 6.81. The fraction of sp³-hybridized carbons (Fsp3) is 0.727. The monoisotopic (exact) mass is 238 g/mol. The van der Waals surface area contributed by atoms with Crippen LogP contribution >= 0.6 is 0 Å². The number of nitrogens with zero attached hydrogens (tertiary/aromatic N) is 3. The minimum absolute atomic E-state index is 0.123. The van der Waals surface area contributed by atoms with Gasteiger partial charge in [0.25, 0.3) is 11.7 Å². The molecule has 2 heterocycles. The van der Waals surface area contributed by atoms with E-state index < -0.39 is 0 Å². The maximum atomic E-state index is 12.2. The number of aromatic nitrogens is 2. The van der Waals surface area contributed by atoms with Crippen molar-refractivity contribution in [3.05, 3.63) is 11.7 Å². The van der Waals surface area contributed by atoms with Gasteiger partial charge in [-0.3, -0.25) is 4.79 Å². The molecule has 1 unspecified atom stereocenters. The molecule has 6 heteroatoms. The molecule has 1 atom stereocenters. The van der Waals surface area contributed by atoms with Crippen LogP contribution < -0.4 is 5.32 Å². The molecule has 1 aromatic heterocycles. The lowest BCUT2D eigenvalue weighted by Crippen LogP contribution is -2.48. The molecule has 1 N–H and O–H groups in total. The maximum absolute atomic E-state index is 12.2. The zero-order valence-corrected chi connectivity index (χ0v) is 10.3. The molecule has 17 heavy (non-hydrogen) atoms. The van der Waals surface area contributed by atoms with E-state index in [1.165, 1.54) is 6.42 Å². The van der Waals surface area contributed by atoms with E-state index in [9.17, 15) is 4.79 Å². The van der Waals surface area contributed by atoms with E-state index in [0.29, 0.717) is 5.89 Å². The summed E-state index contributed by atoms with van der Waals surface area (Å²) in [5.41, 5.74) is 0. The van der Waals surface area contributed by atoms with Crippen LogP contribution in [0.1, 0.15) is 35.8 Å². The van der Waals surface area contributed by atoms with Crippen molar-refractivity contribution in [1.29, 1.82) is 0 Å². The van der Waals surface area contributed by atoms with Crippen LogP contribution in [0, 0.1) is 6.92 Å². The summed E-state index contributed by atoms with van der Waals surface area (Å²) in [4.78, 5) is 18.1. The van der Waals surface area contributed by atoms with Crippen molar-refractivity contribution >= 4 is 5.91 Å². The lowest BCUT2D eigenvalue weighted by molar-refractivity contribution is 0.0599. The van der Waals surface area contributed by atoms with E-state index in [4.69, 9.17) is 4.52 Å². The molecule has 1 aliphatic heterocycles. The van der Waals surface area contributed by atoms with Gasteiger partial charge in [-0.25, -0.2) is 0 Å². The lowest BCUT2D eigenvalue weighted by Gasteiger charge is -2.34. The molecule has 1 aliphatic rings. The van der Waals surface area contributed by atoms with E-state index in [2.05, 4.69) is 15.5 Å². The molecule has 0 saturated carbocycles. The van der Waals surface area contributed by atoms with Gasteiger partial charge < -0.3 is 14.7 Å². The molecule has 0 aromatic carbocycles. The lowest BCUT2D eigenvalue weighted by atomic mass is 10.0. The fourth-order valence-corrected chi connectivity index (χ4v) is 2.23. The first-order valence-electron chi connectivity index (χ1n) is 5.98. The van der Waals surface area contributed by atoms with E-state index in [1.54, 1.807) is 6.92 Å². The number of carbonyl (C=O) groups excluding carboxylic acids is 1. The second-order valence-electron chi connectivity index (χ2n) is 4.34. The number of likely N-dealkylation sites (tertiary alicyclic amines) is 1. The van der Waals surface area contributed by atoms with Crippen molar-refractivity contribution in [3.8, 4) is 0 Å². The Morgan fingerprint density at radius 1 is 1.59 bits per heavy atom. The Labute approximate surface area is 100 Å². The summed E-state index contributed by atoms with van der Waals surface area (Å²) in [6.45, 7) is 3.27. The van der Waals surface area contributed by atoms with Gasteiger partial charge >= 0.3 is 0 Å². The SMILES string of the molecule is CNCC1CCCCN1C(=O)c1noc(C)n1. The molecule has 1 fully saturated rings. The highest BCUT2D eigenvalue weighted by Crippen LogP contribution is 2.18. The van der Waals surface area contributed by atoms with Gasteiger partial charge in [0, 0.05) is 26.1 Å². The molecule has 6 nitrogen and oxygen atoms in total. The number of likely N-dealkylation sites (N-methyl/N-ethyl adjacent to an activating group) is 1. The Hall–Kier alpha value is -1.43. The highest BCUT2D eigenvalue weighted by atomic mass is 16.5. The number of nitrogens with one attached hydrogen (secondary N) is 1. The minimum atomic E-state index is -0.123. The molecular formula is C11H18N4O2. The fourth-order valence-electron chi connectivity index (χ4n) is 2.23. The zero-order chi connectivity index (χ0) is 12.3. The van der Waals surface area contributed by atoms with Crippen LogP contribution in [0.15, 0.2) is 4.52 Å². The average molecular weight is 238 g/mol. The Morgan fingerprint density at radius 3 is 3.06 bits per heavy atom. The number of hydrogen-bond acceptors (Lipinski definition) is 5. The van der Waals surface area contributed by atoms with Crippen LogP contribution in [0.25, 0.3) is 0 Å². The number of amides is 1. The summed E-state index contributed by atoms with van der Waals surface area (Å²) in [6, 6.07) is 0.236. The third kappa shape index (κ3) is 2.63. The third-order valence-electron chi connectivity index (χ3n) is 3.05. The Balaban J connectivity index is 2.10. The van der Waals surface area contributed by atoms with Gasteiger partial charge in [0.2, 0.25) is 5.89 Å². The minimum Gasteiger partial charge on any atom is -0.339 e. The summed E-state index contributed by atoms with van der Waals surface area (Å²) in [6.07, 6.45) is 3.24. The third-order valence-corrected chi connectivity index (χ3v) is 3.05. The van der Waals surface area contributed by atoms with Gasteiger partial charge in [-0.1, -0.05) is 5.16 Å². The normalized spacial score (nSPS) is 20.6. The topological polar surface area (TPSA) is 71.3 Å². The van der Waals surface area contributed by atoms with Crippen LogP contribution in [0.5, 0.6) is 0 Å². The van der Waals surface area contributed by atoms with Gasteiger partial charge in [0.05, 0.1) is 0 Å². The zero-order valence-electron chi connectivity index (χ0n) is 10.3. The predicted molar refractivity (Wildman–Crippen MR) is 61.6 cm³/mol. The molecule has 0 spiro atoms. The van der Waals surface area contributed by atoms with Crippen LogP contribution in [-0.2, 0) is 0 Å². The van der Waals surface area contributed by atoms with Crippen LogP contribution in [0.3, 0.4) is 0 Å². The maximum Gasteiger partial charge on any atom is 0.295 e. The highest BCUT2D eigenvalue weighted by molar-refractivity contribution is 5.90. The quantitative estimate of drug-likeness (QED) is 0.834. The van der Waals surface area contributed by atoms with Gasteiger partial charge in [0.15, 0.2) is 0 Å². The Morgan fingerprint density at radius 2 is 2.41 bits per heavy atom. The molecule has 94 valence electrons. The van der Waals surface area contributed by atoms with Crippen molar-refractivity contribution in [3.63, 3.8) is 0 Å². The number of hydrogen-bond donors (Lipinski definition) is 1. The number of aryl methyl sites for hydroxylation is 1. The van der Waals surface area contributed by atoms with Gasteiger partial charge in [-0.15, -0.1) is 0 Å². The largest absolute Gasteiger partial charge is 0.339 e. The highest BCUT2D eigenvalue weighted by Gasteiger charge is 2.29. The number of piperidine rings is 1. The molecule has 2 rings (SSSR count). The predicted octanol–water partition coefficient (Wildman–Crippen LogP) is 0.592. The van der Waals surface area contributed by atoms with Crippen molar-refractivity contribution < 1.29 is 9.32 Å². The smallest absolute Gasteiger partial charge is 0.295 e. The number of rotatable bonds is 3. The summed E-state index contributed by atoms with van der Waals surface area (Å²) < 4.78 is 4.85. The van der Waals surface area contributed by atoms with Crippen molar-refractivity contribution in [2.24, 2.45) is 0 Å². The van der Waals surface area contributed by atoms with Gasteiger partial charge in [-0.05, 0) is 26.3 Å². The number of carbonyl (C=O) groups is 1. The first-order chi connectivity index (χ1) is 8.22. The average Bonchev–Trinajstić information content (AvgIpc) is 2.76. The molecule has 1 aromatic rings. The van der Waals surface area contributed by atoms with E-state index in [0.717, 1.165) is 25.9 Å². The molecule has 0 aliphatic carbocycles. The van der Waals surface area contributed by atoms with Gasteiger partial charge in [0.1, 0.15) is 0 Å². The van der Waals surface area contributed by atoms with Crippen molar-refractivity contribution in [2.45, 2.75) is 32.2 Å². The Kier molecular flexibility index (Phi) is 3.73. The summed E-state index contributed by atoms with van der Waals surface area (Å²) in [7, 11) is 1.90. The van der Waals surface area contributed by atoms with E-state index >= 15 is 0 Å². The molecule has 1 amide bonds. The molecule has 0 radical (unpaired) electrons. The first-order valence-corrected chi connectivity index (χ1v) is 5.98. The van der Waals surface area contributed by atoms with Crippen LogP contribution in [0.2, 0.25) is 0 Å².